The molecule has 0 spiro atoms. The normalized spacial score (nSPS) is 21.9. The number of hydrogen-bond donors (Lipinski definition) is 3. The third kappa shape index (κ3) is 5.86. The Morgan fingerprint density at radius 3 is 2.54 bits per heavy atom. The summed E-state index contributed by atoms with van der Waals surface area (Å²) in [5, 5.41) is 15.1. The van der Waals surface area contributed by atoms with Crippen LogP contribution in [0, 0.1) is 0 Å². The van der Waals surface area contributed by atoms with Crippen LogP contribution >= 0.6 is 0 Å². The van der Waals surface area contributed by atoms with Crippen molar-refractivity contribution in [1.29, 1.82) is 0 Å². The highest BCUT2D eigenvalue weighted by Crippen LogP contribution is 2.16. The predicted molar refractivity (Wildman–Crippen MR) is 96.6 cm³/mol. The topological polar surface area (TPSA) is 96.9 Å². The zero-order valence-electron chi connectivity index (χ0n) is 15.1. The third-order valence-corrected chi connectivity index (χ3v) is 4.15. The maximum Gasteiger partial charge on any atom is 0.223 e. The van der Waals surface area contributed by atoms with Crippen molar-refractivity contribution in [2.45, 2.75) is 44.6 Å². The molecule has 1 aliphatic rings. The highest BCUT2D eigenvalue weighted by molar-refractivity contribution is 5.77. The molecule has 2 rings (SSSR count). The highest BCUT2D eigenvalue weighted by atomic mass is 16.5. The van der Waals surface area contributed by atoms with Crippen LogP contribution in [0.2, 0.25) is 0 Å². The molecule has 0 unspecified atom stereocenters. The molecule has 1 aromatic rings. The summed E-state index contributed by atoms with van der Waals surface area (Å²) in [5.74, 6) is 0.501. The summed E-state index contributed by atoms with van der Waals surface area (Å²) in [6.45, 7) is 1.94. The Kier molecular flexibility index (Phi) is 7.62. The summed E-state index contributed by atoms with van der Waals surface area (Å²) in [6.07, 6.45) is 3.05. The van der Waals surface area contributed by atoms with E-state index in [1.54, 1.807) is 26.2 Å². The number of carbonyl (C=O) groups excluding carboxylic acids is 2. The lowest BCUT2D eigenvalue weighted by Gasteiger charge is -2.31. The molecule has 0 radical (unpaired) electrons. The summed E-state index contributed by atoms with van der Waals surface area (Å²) >= 11 is 0. The summed E-state index contributed by atoms with van der Waals surface area (Å²) in [5.41, 5.74) is 0.967. The van der Waals surface area contributed by atoms with E-state index in [1.165, 1.54) is 0 Å². The van der Waals surface area contributed by atoms with Crippen molar-refractivity contribution in [3.63, 3.8) is 0 Å². The number of ether oxygens (including phenoxy) is 2. The monoisotopic (exact) mass is 362 g/mol. The van der Waals surface area contributed by atoms with Gasteiger partial charge in [0.25, 0.3) is 0 Å². The lowest BCUT2D eigenvalue weighted by atomic mass is 10.0. The Labute approximate surface area is 153 Å². The van der Waals surface area contributed by atoms with E-state index in [0.29, 0.717) is 13.0 Å². The smallest absolute Gasteiger partial charge is 0.223 e. The summed E-state index contributed by atoms with van der Waals surface area (Å²) < 4.78 is 10.8. The van der Waals surface area contributed by atoms with Gasteiger partial charge in [-0.2, -0.15) is 0 Å². The van der Waals surface area contributed by atoms with E-state index in [-0.39, 0.29) is 30.9 Å². The number of hydrogen-bond acceptors (Lipinski definition) is 5. The first-order chi connectivity index (χ1) is 12.5. The van der Waals surface area contributed by atoms with Gasteiger partial charge in [-0.15, -0.1) is 0 Å². The average molecular weight is 362 g/mol. The van der Waals surface area contributed by atoms with E-state index in [9.17, 15) is 14.7 Å². The molecule has 3 atom stereocenters. The van der Waals surface area contributed by atoms with E-state index < -0.39 is 12.2 Å². The molecule has 3 N–H and O–H groups in total. The molecule has 1 aliphatic heterocycles. The van der Waals surface area contributed by atoms with E-state index in [0.717, 1.165) is 11.3 Å². The molecule has 7 nitrogen and oxygen atoms in total. The van der Waals surface area contributed by atoms with Crippen molar-refractivity contribution in [3.05, 3.63) is 42.0 Å². The standard InChI is InChI=1S/C19H26N2O5/c1-3-18(23)21-16-9-8-15(26-17(16)12-22)10-19(24)20-11-13-4-6-14(25-2)7-5-13/h4-9,15-17,22H,3,10-12H2,1-2H3,(H,20,24)(H,21,23)/t15-,16+,17-/m0/s1. The lowest BCUT2D eigenvalue weighted by Crippen LogP contribution is -2.48. The molecule has 7 heteroatoms. The lowest BCUT2D eigenvalue weighted by molar-refractivity contribution is -0.128. The van der Waals surface area contributed by atoms with Gasteiger partial charge >= 0.3 is 0 Å². The summed E-state index contributed by atoms with van der Waals surface area (Å²) in [4.78, 5) is 23.6. The van der Waals surface area contributed by atoms with E-state index >= 15 is 0 Å². The molecule has 2 amide bonds. The molecule has 0 aromatic heterocycles. The van der Waals surface area contributed by atoms with Crippen LogP contribution < -0.4 is 15.4 Å². The van der Waals surface area contributed by atoms with Gasteiger partial charge in [-0.05, 0) is 17.7 Å². The van der Waals surface area contributed by atoms with Crippen LogP contribution in [0.5, 0.6) is 5.75 Å². The molecule has 142 valence electrons. The molecular formula is C19H26N2O5. The molecule has 0 bridgehead atoms. The predicted octanol–water partition coefficient (Wildman–Crippen LogP) is 0.912. The molecule has 1 heterocycles. The van der Waals surface area contributed by atoms with Crippen LogP contribution in [0.1, 0.15) is 25.3 Å². The first-order valence-electron chi connectivity index (χ1n) is 8.69. The van der Waals surface area contributed by atoms with Gasteiger partial charge in [0.15, 0.2) is 0 Å². The SMILES string of the molecule is CCC(=O)N[C@@H]1C=C[C@@H](CC(=O)NCc2ccc(OC)cc2)O[C@H]1CO. The Morgan fingerprint density at radius 2 is 1.92 bits per heavy atom. The Balaban J connectivity index is 1.82. The fourth-order valence-electron chi connectivity index (χ4n) is 2.62. The second-order valence-electron chi connectivity index (χ2n) is 6.06. The molecule has 0 fully saturated rings. The van der Waals surface area contributed by atoms with Crippen LogP contribution in [0.3, 0.4) is 0 Å². The number of methoxy groups -OCH3 is 1. The van der Waals surface area contributed by atoms with Gasteiger partial charge in [0.2, 0.25) is 11.8 Å². The van der Waals surface area contributed by atoms with Gasteiger partial charge < -0.3 is 25.2 Å². The first kappa shape index (κ1) is 19.9. The molecular weight excluding hydrogens is 336 g/mol. The van der Waals surface area contributed by atoms with E-state index in [4.69, 9.17) is 9.47 Å². The van der Waals surface area contributed by atoms with Crippen LogP contribution in [-0.2, 0) is 20.9 Å². The molecule has 0 saturated heterocycles. The minimum atomic E-state index is -0.560. The van der Waals surface area contributed by atoms with Crippen LogP contribution in [0.15, 0.2) is 36.4 Å². The van der Waals surface area contributed by atoms with Gasteiger partial charge in [-0.25, -0.2) is 0 Å². The van der Waals surface area contributed by atoms with Crippen molar-refractivity contribution >= 4 is 11.8 Å². The molecule has 1 aromatic carbocycles. The molecule has 26 heavy (non-hydrogen) atoms. The van der Waals surface area contributed by atoms with Crippen molar-refractivity contribution in [1.82, 2.24) is 10.6 Å². The minimum absolute atomic E-state index is 0.114. The quantitative estimate of drug-likeness (QED) is 0.598. The fourth-order valence-corrected chi connectivity index (χ4v) is 2.62. The van der Waals surface area contributed by atoms with Crippen LogP contribution in [0.25, 0.3) is 0 Å². The van der Waals surface area contributed by atoms with Crippen molar-refractivity contribution in [3.8, 4) is 5.75 Å². The second-order valence-corrected chi connectivity index (χ2v) is 6.06. The van der Waals surface area contributed by atoms with Gasteiger partial charge in [-0.1, -0.05) is 31.2 Å². The van der Waals surface area contributed by atoms with Gasteiger partial charge in [0.1, 0.15) is 11.9 Å². The Hall–Kier alpha value is -2.38. The molecule has 0 aliphatic carbocycles. The van der Waals surface area contributed by atoms with Gasteiger partial charge in [0.05, 0.1) is 32.3 Å². The maximum absolute atomic E-state index is 12.1. The Morgan fingerprint density at radius 1 is 1.19 bits per heavy atom. The van der Waals surface area contributed by atoms with Crippen molar-refractivity contribution in [2.24, 2.45) is 0 Å². The van der Waals surface area contributed by atoms with E-state index in [1.807, 2.05) is 24.3 Å². The van der Waals surface area contributed by atoms with Crippen LogP contribution in [0.4, 0.5) is 0 Å². The summed E-state index contributed by atoms with van der Waals surface area (Å²) in [6, 6.07) is 7.07. The van der Waals surface area contributed by atoms with Crippen molar-refractivity contribution in [2.75, 3.05) is 13.7 Å². The fraction of sp³-hybridized carbons (Fsp3) is 0.474. The van der Waals surface area contributed by atoms with E-state index in [2.05, 4.69) is 10.6 Å². The number of aliphatic hydroxyl groups excluding tert-OH is 1. The molecule has 0 saturated carbocycles. The number of nitrogens with one attached hydrogen (secondary N) is 2. The average Bonchev–Trinajstić information content (AvgIpc) is 2.67. The summed E-state index contributed by atoms with van der Waals surface area (Å²) in [7, 11) is 1.60. The second kappa shape index (κ2) is 9.94. The number of aliphatic hydroxyl groups is 1. The van der Waals surface area contributed by atoms with Gasteiger partial charge in [0, 0.05) is 13.0 Å². The minimum Gasteiger partial charge on any atom is -0.497 e. The first-order valence-corrected chi connectivity index (χ1v) is 8.69. The zero-order chi connectivity index (χ0) is 18.9. The number of benzene rings is 1. The number of amides is 2. The number of rotatable bonds is 8. The van der Waals surface area contributed by atoms with Crippen molar-refractivity contribution < 1.29 is 24.2 Å². The largest absolute Gasteiger partial charge is 0.497 e. The zero-order valence-corrected chi connectivity index (χ0v) is 15.1. The third-order valence-electron chi connectivity index (χ3n) is 4.15. The Bertz CT molecular complexity index is 629. The highest BCUT2D eigenvalue weighted by Gasteiger charge is 2.28. The number of carbonyl (C=O) groups is 2. The maximum atomic E-state index is 12.1. The van der Waals surface area contributed by atoms with Crippen LogP contribution in [-0.4, -0.2) is 48.9 Å². The van der Waals surface area contributed by atoms with Gasteiger partial charge in [-0.3, -0.25) is 9.59 Å².